The maximum absolute atomic E-state index is 12.4. The van der Waals surface area contributed by atoms with Crippen LogP contribution in [0.15, 0.2) is 0 Å². The molecule has 92 valence electrons. The smallest absolute Gasteiger partial charge is 0.230 e. The zero-order valence-corrected chi connectivity index (χ0v) is 9.82. The first kappa shape index (κ1) is 11.9. The predicted octanol–water partition coefficient (Wildman–Crippen LogP) is 0.346. The minimum atomic E-state index is -0.273. The van der Waals surface area contributed by atoms with Gasteiger partial charge in [-0.15, -0.1) is 0 Å². The molecule has 16 heavy (non-hydrogen) atoms. The Morgan fingerprint density at radius 3 is 2.62 bits per heavy atom. The number of nitrogens with two attached hydrogens (primary N) is 1. The molecule has 0 aromatic heterocycles. The van der Waals surface area contributed by atoms with Crippen molar-refractivity contribution in [3.63, 3.8) is 0 Å². The fourth-order valence-electron chi connectivity index (χ4n) is 3.06. The number of aliphatic hydroxyl groups excluding tert-OH is 1. The van der Waals surface area contributed by atoms with Gasteiger partial charge in [-0.2, -0.15) is 0 Å². The van der Waals surface area contributed by atoms with Crippen LogP contribution in [0.4, 0.5) is 0 Å². The molecule has 1 unspecified atom stereocenters. The maximum atomic E-state index is 12.4. The first-order valence-electron chi connectivity index (χ1n) is 6.32. The Labute approximate surface area is 96.8 Å². The summed E-state index contributed by atoms with van der Waals surface area (Å²) in [5.41, 5.74) is 5.53. The van der Waals surface area contributed by atoms with E-state index in [0.717, 1.165) is 45.2 Å². The third-order valence-electron chi connectivity index (χ3n) is 4.24. The molecule has 0 aromatic carbocycles. The first-order valence-corrected chi connectivity index (χ1v) is 6.32. The molecule has 1 saturated heterocycles. The van der Waals surface area contributed by atoms with Crippen molar-refractivity contribution in [2.45, 2.75) is 32.1 Å². The molecule has 1 aliphatic carbocycles. The average molecular weight is 226 g/mol. The third kappa shape index (κ3) is 1.96. The van der Waals surface area contributed by atoms with Gasteiger partial charge in [0, 0.05) is 32.2 Å². The normalized spacial score (nSPS) is 28.6. The molecule has 1 atom stereocenters. The highest BCUT2D eigenvalue weighted by molar-refractivity contribution is 5.83. The van der Waals surface area contributed by atoms with Gasteiger partial charge in [0.25, 0.3) is 0 Å². The van der Waals surface area contributed by atoms with Crippen LogP contribution in [0.5, 0.6) is 0 Å². The average Bonchev–Trinajstić information content (AvgIpc) is 2.98. The Bertz CT molecular complexity index is 262. The highest BCUT2D eigenvalue weighted by Gasteiger charge is 2.43. The quantitative estimate of drug-likeness (QED) is 0.729. The van der Waals surface area contributed by atoms with Crippen molar-refractivity contribution in [3.05, 3.63) is 0 Å². The lowest BCUT2D eigenvalue weighted by Crippen LogP contribution is -2.45. The summed E-state index contributed by atoms with van der Waals surface area (Å²) in [7, 11) is 0. The number of nitrogens with zero attached hydrogens (tertiary/aromatic N) is 1. The van der Waals surface area contributed by atoms with Gasteiger partial charge in [-0.05, 0) is 19.3 Å². The van der Waals surface area contributed by atoms with Crippen molar-refractivity contribution in [2.75, 3.05) is 26.2 Å². The van der Waals surface area contributed by atoms with Gasteiger partial charge in [-0.25, -0.2) is 0 Å². The van der Waals surface area contributed by atoms with Crippen LogP contribution in [0.1, 0.15) is 32.1 Å². The monoisotopic (exact) mass is 226 g/mol. The van der Waals surface area contributed by atoms with E-state index in [0.29, 0.717) is 6.54 Å². The van der Waals surface area contributed by atoms with E-state index >= 15 is 0 Å². The summed E-state index contributed by atoms with van der Waals surface area (Å²) in [6, 6.07) is 0. The molecule has 2 fully saturated rings. The minimum absolute atomic E-state index is 0.194. The van der Waals surface area contributed by atoms with Crippen molar-refractivity contribution in [3.8, 4) is 0 Å². The van der Waals surface area contributed by atoms with Gasteiger partial charge in [0.05, 0.1) is 5.41 Å². The largest absolute Gasteiger partial charge is 0.396 e. The lowest BCUT2D eigenvalue weighted by atomic mass is 9.84. The Hall–Kier alpha value is -0.610. The van der Waals surface area contributed by atoms with Gasteiger partial charge >= 0.3 is 0 Å². The molecule has 1 aliphatic heterocycles. The number of likely N-dealkylation sites (tertiary alicyclic amines) is 1. The van der Waals surface area contributed by atoms with E-state index < -0.39 is 0 Å². The van der Waals surface area contributed by atoms with Crippen LogP contribution in [-0.2, 0) is 4.79 Å². The topological polar surface area (TPSA) is 66.6 Å². The number of carbonyl (C=O) groups is 1. The second-order valence-electron chi connectivity index (χ2n) is 5.28. The van der Waals surface area contributed by atoms with Crippen LogP contribution in [0.3, 0.4) is 0 Å². The lowest BCUT2D eigenvalue weighted by molar-refractivity contribution is -0.140. The van der Waals surface area contributed by atoms with E-state index in [1.54, 1.807) is 0 Å². The van der Waals surface area contributed by atoms with E-state index in [2.05, 4.69) is 0 Å². The van der Waals surface area contributed by atoms with Gasteiger partial charge in [-0.3, -0.25) is 4.79 Å². The molecule has 1 saturated carbocycles. The first-order chi connectivity index (χ1) is 7.72. The van der Waals surface area contributed by atoms with E-state index in [9.17, 15) is 4.79 Å². The van der Waals surface area contributed by atoms with E-state index in [1.807, 2.05) is 4.90 Å². The zero-order chi connectivity index (χ0) is 11.6. The van der Waals surface area contributed by atoms with E-state index in [4.69, 9.17) is 10.8 Å². The van der Waals surface area contributed by atoms with Crippen molar-refractivity contribution in [2.24, 2.45) is 17.1 Å². The van der Waals surface area contributed by atoms with Crippen LogP contribution in [0.2, 0.25) is 0 Å². The number of hydrogen-bond acceptors (Lipinski definition) is 3. The molecule has 1 amide bonds. The fourth-order valence-corrected chi connectivity index (χ4v) is 3.06. The number of rotatable bonds is 3. The van der Waals surface area contributed by atoms with Crippen LogP contribution in [0, 0.1) is 11.3 Å². The van der Waals surface area contributed by atoms with Gasteiger partial charge in [-0.1, -0.05) is 12.8 Å². The lowest BCUT2D eigenvalue weighted by Gasteiger charge is -2.31. The maximum Gasteiger partial charge on any atom is 0.230 e. The molecule has 0 radical (unpaired) electrons. The second-order valence-corrected chi connectivity index (χ2v) is 5.28. The summed E-state index contributed by atoms with van der Waals surface area (Å²) in [6.45, 7) is 2.19. The molecule has 2 rings (SSSR count). The third-order valence-corrected chi connectivity index (χ3v) is 4.24. The summed E-state index contributed by atoms with van der Waals surface area (Å²) < 4.78 is 0. The SMILES string of the molecule is NCC1(C(=O)N2CCC(CO)C2)CCCC1. The molecule has 0 bridgehead atoms. The molecule has 2 aliphatic rings. The Balaban J connectivity index is 2.01. The Morgan fingerprint density at radius 1 is 1.44 bits per heavy atom. The standard InChI is InChI=1S/C12H22N2O2/c13-9-12(4-1-2-5-12)11(16)14-6-3-10(7-14)8-15/h10,15H,1-9,13H2. The summed E-state index contributed by atoms with van der Waals surface area (Å²) >= 11 is 0. The van der Waals surface area contributed by atoms with Gasteiger partial charge < -0.3 is 15.7 Å². The van der Waals surface area contributed by atoms with Crippen LogP contribution in [0.25, 0.3) is 0 Å². The number of aliphatic hydroxyl groups is 1. The molecular formula is C12H22N2O2. The van der Waals surface area contributed by atoms with E-state index in [1.165, 1.54) is 0 Å². The molecule has 1 heterocycles. The molecule has 0 spiro atoms. The van der Waals surface area contributed by atoms with Crippen molar-refractivity contribution < 1.29 is 9.90 Å². The number of hydrogen-bond donors (Lipinski definition) is 2. The summed E-state index contributed by atoms with van der Waals surface area (Å²) in [5, 5.41) is 9.09. The summed E-state index contributed by atoms with van der Waals surface area (Å²) in [6.07, 6.45) is 5.08. The van der Waals surface area contributed by atoms with Crippen molar-refractivity contribution >= 4 is 5.91 Å². The van der Waals surface area contributed by atoms with Gasteiger partial charge in [0.2, 0.25) is 5.91 Å². The van der Waals surface area contributed by atoms with Crippen LogP contribution < -0.4 is 5.73 Å². The fraction of sp³-hybridized carbons (Fsp3) is 0.917. The van der Waals surface area contributed by atoms with Gasteiger partial charge in [0.15, 0.2) is 0 Å². The molecular weight excluding hydrogens is 204 g/mol. The summed E-state index contributed by atoms with van der Waals surface area (Å²) in [5.74, 6) is 0.517. The minimum Gasteiger partial charge on any atom is -0.396 e. The van der Waals surface area contributed by atoms with Crippen molar-refractivity contribution in [1.29, 1.82) is 0 Å². The molecule has 4 nitrogen and oxygen atoms in total. The summed E-state index contributed by atoms with van der Waals surface area (Å²) in [4.78, 5) is 14.3. The zero-order valence-electron chi connectivity index (χ0n) is 9.82. The molecule has 4 heteroatoms. The van der Waals surface area contributed by atoms with Crippen LogP contribution >= 0.6 is 0 Å². The molecule has 3 N–H and O–H groups in total. The Morgan fingerprint density at radius 2 is 2.12 bits per heavy atom. The highest BCUT2D eigenvalue weighted by Crippen LogP contribution is 2.39. The second kappa shape index (κ2) is 4.72. The van der Waals surface area contributed by atoms with E-state index in [-0.39, 0.29) is 23.8 Å². The van der Waals surface area contributed by atoms with Gasteiger partial charge in [0.1, 0.15) is 0 Å². The number of carbonyl (C=O) groups excluding carboxylic acids is 1. The highest BCUT2D eigenvalue weighted by atomic mass is 16.3. The Kier molecular flexibility index (Phi) is 3.50. The van der Waals surface area contributed by atoms with Crippen LogP contribution in [-0.4, -0.2) is 42.2 Å². The number of amides is 1. The predicted molar refractivity (Wildman–Crippen MR) is 61.7 cm³/mol. The van der Waals surface area contributed by atoms with Crippen molar-refractivity contribution in [1.82, 2.24) is 4.90 Å². The molecule has 0 aromatic rings.